The Hall–Kier alpha value is -1.65. The molecule has 106 valence electrons. The molecule has 0 saturated heterocycles. The number of aliphatic hydroxyl groups is 2. The Morgan fingerprint density at radius 1 is 1.30 bits per heavy atom. The maximum atomic E-state index is 9.39. The number of rotatable bonds is 4. The number of benzene rings is 1. The SMILES string of the molecule is CN(CC1CC(O)C1)c1cc(CO)nc2ccccc12. The summed E-state index contributed by atoms with van der Waals surface area (Å²) in [5, 5.41) is 19.9. The average molecular weight is 272 g/mol. The van der Waals surface area contributed by atoms with Crippen molar-refractivity contribution in [3.05, 3.63) is 36.0 Å². The molecule has 20 heavy (non-hydrogen) atoms. The first-order chi connectivity index (χ1) is 9.67. The molecule has 0 radical (unpaired) electrons. The molecule has 2 N–H and O–H groups in total. The molecule has 0 atom stereocenters. The van der Waals surface area contributed by atoms with E-state index in [0.29, 0.717) is 11.6 Å². The fourth-order valence-electron chi connectivity index (χ4n) is 2.94. The number of hydrogen-bond acceptors (Lipinski definition) is 4. The standard InChI is InChI=1S/C16H20N2O2/c1-18(9-11-6-13(20)7-11)16-8-12(10-19)17-15-5-3-2-4-14(15)16/h2-5,8,11,13,19-20H,6-7,9-10H2,1H3. The molecule has 1 aliphatic carbocycles. The van der Waals surface area contributed by atoms with Crippen LogP contribution < -0.4 is 4.90 Å². The van der Waals surface area contributed by atoms with Crippen molar-refractivity contribution in [2.24, 2.45) is 5.92 Å². The van der Waals surface area contributed by atoms with Gasteiger partial charge in [0.25, 0.3) is 0 Å². The van der Waals surface area contributed by atoms with Gasteiger partial charge in [0.2, 0.25) is 0 Å². The molecule has 0 bridgehead atoms. The summed E-state index contributed by atoms with van der Waals surface area (Å²) in [4.78, 5) is 6.65. The van der Waals surface area contributed by atoms with Crippen molar-refractivity contribution in [1.82, 2.24) is 4.98 Å². The Balaban J connectivity index is 1.92. The molecule has 0 aliphatic heterocycles. The normalized spacial score (nSPS) is 21.8. The summed E-state index contributed by atoms with van der Waals surface area (Å²) >= 11 is 0. The largest absolute Gasteiger partial charge is 0.393 e. The van der Waals surface area contributed by atoms with Crippen LogP contribution in [0.15, 0.2) is 30.3 Å². The van der Waals surface area contributed by atoms with E-state index in [2.05, 4.69) is 23.0 Å². The van der Waals surface area contributed by atoms with E-state index < -0.39 is 0 Å². The zero-order valence-electron chi connectivity index (χ0n) is 11.7. The molecule has 1 aromatic carbocycles. The molecule has 4 heteroatoms. The van der Waals surface area contributed by atoms with E-state index in [1.807, 2.05) is 24.3 Å². The van der Waals surface area contributed by atoms with Gasteiger partial charge in [0.15, 0.2) is 0 Å². The molecule has 1 saturated carbocycles. The summed E-state index contributed by atoms with van der Waals surface area (Å²) in [5.41, 5.74) is 2.70. The second kappa shape index (κ2) is 5.38. The van der Waals surface area contributed by atoms with Gasteiger partial charge in [-0.2, -0.15) is 0 Å². The van der Waals surface area contributed by atoms with Crippen molar-refractivity contribution in [1.29, 1.82) is 0 Å². The molecule has 0 unspecified atom stereocenters. The van der Waals surface area contributed by atoms with E-state index in [1.54, 1.807) is 0 Å². The predicted octanol–water partition coefficient (Wildman–Crippen LogP) is 1.93. The molecule has 1 fully saturated rings. The smallest absolute Gasteiger partial charge is 0.0854 e. The number of para-hydroxylation sites is 1. The first kappa shape index (κ1) is 13.3. The summed E-state index contributed by atoms with van der Waals surface area (Å²) < 4.78 is 0. The van der Waals surface area contributed by atoms with Gasteiger partial charge >= 0.3 is 0 Å². The van der Waals surface area contributed by atoms with Gasteiger partial charge in [0.1, 0.15) is 0 Å². The quantitative estimate of drug-likeness (QED) is 0.893. The molecule has 1 aromatic heterocycles. The number of fused-ring (bicyclic) bond motifs is 1. The first-order valence-electron chi connectivity index (χ1n) is 7.06. The highest BCUT2D eigenvalue weighted by Gasteiger charge is 2.28. The Kier molecular flexibility index (Phi) is 3.59. The van der Waals surface area contributed by atoms with Crippen molar-refractivity contribution in [2.45, 2.75) is 25.6 Å². The molecule has 1 aliphatic rings. The van der Waals surface area contributed by atoms with E-state index in [1.165, 1.54) is 0 Å². The number of nitrogens with zero attached hydrogens (tertiary/aromatic N) is 2. The molecular formula is C16H20N2O2. The minimum atomic E-state index is -0.115. The van der Waals surface area contributed by atoms with E-state index >= 15 is 0 Å². The third-order valence-electron chi connectivity index (χ3n) is 4.06. The van der Waals surface area contributed by atoms with Crippen molar-refractivity contribution in [2.75, 3.05) is 18.5 Å². The highest BCUT2D eigenvalue weighted by Crippen LogP contribution is 2.31. The molecule has 3 rings (SSSR count). The van der Waals surface area contributed by atoms with Crippen LogP contribution in [0.2, 0.25) is 0 Å². The summed E-state index contributed by atoms with van der Waals surface area (Å²) in [5.74, 6) is 0.555. The number of hydrogen-bond donors (Lipinski definition) is 2. The topological polar surface area (TPSA) is 56.6 Å². The zero-order chi connectivity index (χ0) is 14.1. The van der Waals surface area contributed by atoms with Crippen LogP contribution in [0, 0.1) is 5.92 Å². The van der Waals surface area contributed by atoms with Gasteiger partial charge in [0, 0.05) is 24.7 Å². The highest BCUT2D eigenvalue weighted by molar-refractivity contribution is 5.91. The number of anilines is 1. The van der Waals surface area contributed by atoms with Crippen LogP contribution in [0.1, 0.15) is 18.5 Å². The predicted molar refractivity (Wildman–Crippen MR) is 79.7 cm³/mol. The number of aliphatic hydroxyl groups excluding tert-OH is 2. The van der Waals surface area contributed by atoms with E-state index in [0.717, 1.165) is 36.0 Å². The third-order valence-corrected chi connectivity index (χ3v) is 4.06. The van der Waals surface area contributed by atoms with E-state index in [-0.39, 0.29) is 12.7 Å². The van der Waals surface area contributed by atoms with Crippen LogP contribution in [-0.2, 0) is 6.61 Å². The van der Waals surface area contributed by atoms with Gasteiger partial charge in [0.05, 0.1) is 23.9 Å². The summed E-state index contributed by atoms with van der Waals surface area (Å²) in [6, 6.07) is 9.96. The average Bonchev–Trinajstić information content (AvgIpc) is 2.44. The third kappa shape index (κ3) is 2.49. The maximum Gasteiger partial charge on any atom is 0.0854 e. The minimum Gasteiger partial charge on any atom is -0.393 e. The molecule has 1 heterocycles. The first-order valence-corrected chi connectivity index (χ1v) is 7.06. The van der Waals surface area contributed by atoms with Gasteiger partial charge in [-0.3, -0.25) is 4.98 Å². The van der Waals surface area contributed by atoms with Crippen LogP contribution in [0.4, 0.5) is 5.69 Å². The van der Waals surface area contributed by atoms with Gasteiger partial charge in [-0.25, -0.2) is 0 Å². The van der Waals surface area contributed by atoms with Crippen LogP contribution in [-0.4, -0.2) is 34.9 Å². The Morgan fingerprint density at radius 2 is 2.05 bits per heavy atom. The van der Waals surface area contributed by atoms with E-state index in [4.69, 9.17) is 0 Å². The zero-order valence-corrected chi connectivity index (χ0v) is 11.7. The lowest BCUT2D eigenvalue weighted by molar-refractivity contribution is 0.0465. The van der Waals surface area contributed by atoms with Crippen LogP contribution >= 0.6 is 0 Å². The molecule has 4 nitrogen and oxygen atoms in total. The molecule has 0 spiro atoms. The van der Waals surface area contributed by atoms with Crippen molar-refractivity contribution >= 4 is 16.6 Å². The fourth-order valence-corrected chi connectivity index (χ4v) is 2.94. The Morgan fingerprint density at radius 3 is 2.75 bits per heavy atom. The summed E-state index contributed by atoms with van der Waals surface area (Å²) in [6.07, 6.45) is 1.66. The number of pyridine rings is 1. The van der Waals surface area contributed by atoms with Gasteiger partial charge in [-0.05, 0) is 30.9 Å². The second-order valence-corrected chi connectivity index (χ2v) is 5.68. The lowest BCUT2D eigenvalue weighted by Gasteiger charge is -2.35. The van der Waals surface area contributed by atoms with Gasteiger partial charge in [-0.1, -0.05) is 18.2 Å². The van der Waals surface area contributed by atoms with Crippen LogP contribution in [0.25, 0.3) is 10.9 Å². The highest BCUT2D eigenvalue weighted by atomic mass is 16.3. The molecule has 0 amide bonds. The number of aromatic nitrogens is 1. The monoisotopic (exact) mass is 272 g/mol. The Labute approximate surface area is 118 Å². The molecular weight excluding hydrogens is 252 g/mol. The van der Waals surface area contributed by atoms with Crippen LogP contribution in [0.3, 0.4) is 0 Å². The van der Waals surface area contributed by atoms with Crippen molar-refractivity contribution in [3.8, 4) is 0 Å². The second-order valence-electron chi connectivity index (χ2n) is 5.68. The maximum absolute atomic E-state index is 9.39. The summed E-state index contributed by atoms with van der Waals surface area (Å²) in [6.45, 7) is 0.879. The van der Waals surface area contributed by atoms with Crippen LogP contribution in [0.5, 0.6) is 0 Å². The Bertz CT molecular complexity index is 608. The van der Waals surface area contributed by atoms with Gasteiger partial charge in [-0.15, -0.1) is 0 Å². The van der Waals surface area contributed by atoms with Gasteiger partial charge < -0.3 is 15.1 Å². The lowest BCUT2D eigenvalue weighted by atomic mass is 9.82. The summed E-state index contributed by atoms with van der Waals surface area (Å²) in [7, 11) is 2.06. The minimum absolute atomic E-state index is 0.0478. The van der Waals surface area contributed by atoms with Crippen molar-refractivity contribution in [3.63, 3.8) is 0 Å². The fraction of sp³-hybridized carbons (Fsp3) is 0.438. The van der Waals surface area contributed by atoms with E-state index in [9.17, 15) is 10.2 Å². The van der Waals surface area contributed by atoms with Crippen molar-refractivity contribution < 1.29 is 10.2 Å². The lowest BCUT2D eigenvalue weighted by Crippen LogP contribution is -2.37. The molecule has 2 aromatic rings.